The van der Waals surface area contributed by atoms with Crippen molar-refractivity contribution in [3.63, 3.8) is 0 Å². The largest absolute Gasteiger partial charge is 0.395 e. The molecule has 0 aliphatic rings. The van der Waals surface area contributed by atoms with Crippen molar-refractivity contribution in [1.82, 2.24) is 19.8 Å². The lowest BCUT2D eigenvalue weighted by Crippen LogP contribution is -2.45. The Morgan fingerprint density at radius 2 is 1.15 bits per heavy atom. The van der Waals surface area contributed by atoms with Gasteiger partial charge in [0.2, 0.25) is 0 Å². The second-order valence-electron chi connectivity index (χ2n) is 6.33. The molecule has 6 N–H and O–H groups in total. The zero-order valence-corrected chi connectivity index (χ0v) is 15.2. The number of likely N-dealkylation sites (N-methyl/N-ethyl adjacent to an activating group) is 2. The van der Waals surface area contributed by atoms with Crippen molar-refractivity contribution < 1.29 is 30.6 Å². The number of hydrogen-bond donors (Lipinski definition) is 6. The topological polar surface area (TPSA) is 154 Å². The quantitative estimate of drug-likeness (QED) is 0.220. The molecule has 0 aliphatic carbocycles. The molecule has 0 aliphatic heterocycles. The van der Waals surface area contributed by atoms with Crippen LogP contribution in [0.5, 0.6) is 0 Å². The lowest BCUT2D eigenvalue weighted by atomic mass is 10.1. The Labute approximate surface area is 153 Å². The highest BCUT2D eigenvalue weighted by molar-refractivity contribution is 5.04. The Hall–Kier alpha value is -1.24. The summed E-state index contributed by atoms with van der Waals surface area (Å²) in [4.78, 5) is 11.9. The highest BCUT2D eigenvalue weighted by atomic mass is 16.3. The molecule has 0 radical (unpaired) electrons. The summed E-state index contributed by atoms with van der Waals surface area (Å²) >= 11 is 0. The molecule has 26 heavy (non-hydrogen) atoms. The molecule has 4 atom stereocenters. The van der Waals surface area contributed by atoms with Crippen molar-refractivity contribution in [2.24, 2.45) is 0 Å². The van der Waals surface area contributed by atoms with Crippen LogP contribution in [0, 0.1) is 0 Å². The summed E-state index contributed by atoms with van der Waals surface area (Å²) < 4.78 is 0. The summed E-state index contributed by atoms with van der Waals surface area (Å²) in [5, 5.41) is 56.4. The third-order valence-electron chi connectivity index (χ3n) is 4.33. The summed E-state index contributed by atoms with van der Waals surface area (Å²) in [7, 11) is 3.39. The molecule has 0 spiro atoms. The van der Waals surface area contributed by atoms with Crippen LogP contribution in [0.2, 0.25) is 0 Å². The van der Waals surface area contributed by atoms with Gasteiger partial charge in [-0.15, -0.1) is 0 Å². The van der Waals surface area contributed by atoms with Crippen molar-refractivity contribution in [2.75, 3.05) is 40.5 Å². The van der Waals surface area contributed by atoms with Gasteiger partial charge in [-0.1, -0.05) is 0 Å². The Morgan fingerprint density at radius 3 is 1.46 bits per heavy atom. The van der Waals surface area contributed by atoms with Crippen LogP contribution in [0.15, 0.2) is 12.4 Å². The van der Waals surface area contributed by atoms with Gasteiger partial charge in [0, 0.05) is 25.5 Å². The van der Waals surface area contributed by atoms with Gasteiger partial charge in [-0.2, -0.15) is 0 Å². The molecule has 1 heterocycles. The summed E-state index contributed by atoms with van der Waals surface area (Å²) in [5.74, 6) is 0. The van der Waals surface area contributed by atoms with E-state index in [0.717, 1.165) is 0 Å². The first-order valence-electron chi connectivity index (χ1n) is 8.37. The Morgan fingerprint density at radius 1 is 0.769 bits per heavy atom. The van der Waals surface area contributed by atoms with E-state index in [2.05, 4.69) is 9.97 Å². The number of aromatic nitrogens is 2. The van der Waals surface area contributed by atoms with Gasteiger partial charge in [0.1, 0.15) is 0 Å². The van der Waals surface area contributed by atoms with Crippen LogP contribution in [-0.2, 0) is 13.1 Å². The molecule has 0 bridgehead atoms. The predicted octanol–water partition coefficient (Wildman–Crippen LogP) is -3.23. The molecule has 150 valence electrons. The zero-order valence-electron chi connectivity index (χ0n) is 15.2. The van der Waals surface area contributed by atoms with Gasteiger partial charge in [-0.3, -0.25) is 19.8 Å². The van der Waals surface area contributed by atoms with Crippen LogP contribution >= 0.6 is 0 Å². The minimum Gasteiger partial charge on any atom is -0.395 e. The third kappa shape index (κ3) is 6.49. The van der Waals surface area contributed by atoms with E-state index in [9.17, 15) is 20.4 Å². The number of nitrogens with zero attached hydrogens (tertiary/aromatic N) is 4. The molecule has 0 aromatic carbocycles. The van der Waals surface area contributed by atoms with Crippen LogP contribution in [0.4, 0.5) is 0 Å². The fourth-order valence-corrected chi connectivity index (χ4v) is 2.70. The minimum atomic E-state index is -1.07. The highest BCUT2D eigenvalue weighted by Gasteiger charge is 2.24. The van der Waals surface area contributed by atoms with Crippen LogP contribution in [0.3, 0.4) is 0 Å². The molecule has 10 nitrogen and oxygen atoms in total. The SMILES string of the molecule is CN(Cc1cncc(CN(C)C(CO)C(O)CO)n1)C(CO)C(O)CO. The monoisotopic (exact) mass is 374 g/mol. The first kappa shape index (κ1) is 22.8. The van der Waals surface area contributed by atoms with Gasteiger partial charge < -0.3 is 30.6 Å². The summed E-state index contributed by atoms with van der Waals surface area (Å²) in [6.45, 7) is -0.939. The maximum Gasteiger partial charge on any atom is 0.0947 e. The first-order valence-corrected chi connectivity index (χ1v) is 8.37. The van der Waals surface area contributed by atoms with Gasteiger partial charge in [0.15, 0.2) is 0 Å². The number of rotatable bonds is 12. The van der Waals surface area contributed by atoms with Gasteiger partial charge in [-0.05, 0) is 14.1 Å². The average Bonchev–Trinajstić information content (AvgIpc) is 2.62. The smallest absolute Gasteiger partial charge is 0.0947 e. The van der Waals surface area contributed by atoms with Crippen LogP contribution in [-0.4, -0.2) is 115 Å². The van der Waals surface area contributed by atoms with Crippen molar-refractivity contribution in [3.8, 4) is 0 Å². The lowest BCUT2D eigenvalue weighted by molar-refractivity contribution is -0.00772. The molecule has 0 amide bonds. The second kappa shape index (κ2) is 11.5. The number of aliphatic hydroxyl groups excluding tert-OH is 6. The summed E-state index contributed by atoms with van der Waals surface area (Å²) in [5.41, 5.74) is 1.20. The molecule has 0 fully saturated rings. The maximum absolute atomic E-state index is 9.74. The predicted molar refractivity (Wildman–Crippen MR) is 92.9 cm³/mol. The zero-order chi connectivity index (χ0) is 19.7. The van der Waals surface area contributed by atoms with E-state index < -0.39 is 37.5 Å². The van der Waals surface area contributed by atoms with E-state index in [0.29, 0.717) is 24.5 Å². The molecule has 10 heteroatoms. The Balaban J connectivity index is 2.78. The van der Waals surface area contributed by atoms with E-state index >= 15 is 0 Å². The second-order valence-corrected chi connectivity index (χ2v) is 6.33. The molecule has 4 unspecified atom stereocenters. The molecule has 0 saturated heterocycles. The summed E-state index contributed by atoms with van der Waals surface area (Å²) in [6.07, 6.45) is 0.979. The van der Waals surface area contributed by atoms with Gasteiger partial charge in [-0.25, -0.2) is 0 Å². The Kier molecular flexibility index (Phi) is 10.1. The first-order chi connectivity index (χ1) is 12.4. The molecule has 1 aromatic heterocycles. The van der Waals surface area contributed by atoms with E-state index in [4.69, 9.17) is 10.2 Å². The van der Waals surface area contributed by atoms with Crippen molar-refractivity contribution >= 4 is 0 Å². The lowest BCUT2D eigenvalue weighted by Gasteiger charge is -2.30. The van der Waals surface area contributed by atoms with Crippen LogP contribution in [0.25, 0.3) is 0 Å². The van der Waals surface area contributed by atoms with Gasteiger partial charge in [0.25, 0.3) is 0 Å². The molecule has 1 aromatic rings. The molecule has 1 rings (SSSR count). The van der Waals surface area contributed by atoms with Crippen LogP contribution in [0.1, 0.15) is 11.4 Å². The van der Waals surface area contributed by atoms with E-state index in [1.54, 1.807) is 36.3 Å². The van der Waals surface area contributed by atoms with Crippen molar-refractivity contribution in [1.29, 1.82) is 0 Å². The summed E-state index contributed by atoms with van der Waals surface area (Å²) in [6, 6.07) is -1.27. The van der Waals surface area contributed by atoms with Crippen molar-refractivity contribution in [2.45, 2.75) is 37.4 Å². The molecular weight excluding hydrogens is 344 g/mol. The van der Waals surface area contributed by atoms with Gasteiger partial charge in [0.05, 0.1) is 62.1 Å². The Bertz CT molecular complexity index is 482. The highest BCUT2D eigenvalue weighted by Crippen LogP contribution is 2.10. The number of hydrogen-bond acceptors (Lipinski definition) is 10. The average molecular weight is 374 g/mol. The van der Waals surface area contributed by atoms with E-state index in [-0.39, 0.29) is 13.2 Å². The van der Waals surface area contributed by atoms with Gasteiger partial charge >= 0.3 is 0 Å². The number of aliphatic hydroxyl groups is 6. The van der Waals surface area contributed by atoms with E-state index in [1.165, 1.54) is 0 Å². The van der Waals surface area contributed by atoms with Crippen LogP contribution < -0.4 is 0 Å². The molecular formula is C16H30N4O6. The molecule has 0 saturated carbocycles. The van der Waals surface area contributed by atoms with E-state index in [1.807, 2.05) is 0 Å². The minimum absolute atomic E-state index is 0.301. The normalized spacial score (nSPS) is 16.7. The third-order valence-corrected chi connectivity index (χ3v) is 4.33. The maximum atomic E-state index is 9.74. The fourth-order valence-electron chi connectivity index (χ4n) is 2.70. The standard InChI is InChI=1S/C16H30N4O6/c1-19(13(7-21)15(25)9-23)5-11-3-17-4-12(18-11)6-20(2)14(8-22)16(26)10-24/h3-4,13-16,21-26H,5-10H2,1-2H3. The van der Waals surface area contributed by atoms with Crippen molar-refractivity contribution in [3.05, 3.63) is 23.8 Å². The fraction of sp³-hybridized carbons (Fsp3) is 0.750.